The summed E-state index contributed by atoms with van der Waals surface area (Å²) in [6, 6.07) is 0. The fourth-order valence-corrected chi connectivity index (χ4v) is 4.54. The third-order valence-corrected chi connectivity index (χ3v) is 5.84. The summed E-state index contributed by atoms with van der Waals surface area (Å²) in [7, 11) is 1.38. The van der Waals surface area contributed by atoms with Gasteiger partial charge in [-0.15, -0.1) is 11.3 Å². The van der Waals surface area contributed by atoms with Gasteiger partial charge >= 0.3 is 41.2 Å². The van der Waals surface area contributed by atoms with Gasteiger partial charge in [-0.2, -0.15) is 5.10 Å². The van der Waals surface area contributed by atoms with Gasteiger partial charge in [0, 0.05) is 36.1 Å². The zero-order chi connectivity index (χ0) is 20.0. The Kier molecular flexibility index (Phi) is 6.75. The van der Waals surface area contributed by atoms with Crippen LogP contribution in [0.1, 0.15) is 46.0 Å². The van der Waals surface area contributed by atoms with Crippen LogP contribution in [0.5, 0.6) is 0 Å². The average molecular weight is 414 g/mol. The Morgan fingerprint density at radius 1 is 1.29 bits per heavy atom. The molecule has 8 nitrogen and oxygen atoms in total. The number of aryl methyl sites for hydroxylation is 2. The molecule has 3 aromatic rings. The first-order chi connectivity index (χ1) is 12.6. The Morgan fingerprint density at radius 2 is 1.93 bits per heavy atom. The van der Waals surface area contributed by atoms with Crippen LogP contribution in [-0.4, -0.2) is 60.0 Å². The van der Waals surface area contributed by atoms with E-state index in [0.29, 0.717) is 22.7 Å². The van der Waals surface area contributed by atoms with Gasteiger partial charge in [-0.25, -0.2) is 9.59 Å². The van der Waals surface area contributed by atoms with Crippen LogP contribution in [-0.2, 0) is 20.0 Å². The van der Waals surface area contributed by atoms with Crippen LogP contribution in [0.25, 0.3) is 10.2 Å². The third-order valence-electron chi connectivity index (χ3n) is 4.62. The fraction of sp³-hybridized carbons (Fsp3) is 0.444. The van der Waals surface area contributed by atoms with E-state index in [0.717, 1.165) is 21.5 Å². The molecule has 0 unspecified atom stereocenters. The van der Waals surface area contributed by atoms with Crippen molar-refractivity contribution in [3.8, 4) is 0 Å². The van der Waals surface area contributed by atoms with Gasteiger partial charge in [-0.3, -0.25) is 19.0 Å². The van der Waals surface area contributed by atoms with E-state index in [9.17, 15) is 19.5 Å². The van der Waals surface area contributed by atoms with Crippen molar-refractivity contribution in [2.45, 2.75) is 40.7 Å². The number of carboxylic acids is 1. The molecule has 0 aliphatic rings. The summed E-state index contributed by atoms with van der Waals surface area (Å²) in [5.74, 6) is -0.998. The number of rotatable bonds is 5. The molecule has 0 aliphatic heterocycles. The molecule has 0 fully saturated rings. The van der Waals surface area contributed by atoms with Crippen LogP contribution >= 0.6 is 11.3 Å². The van der Waals surface area contributed by atoms with Gasteiger partial charge < -0.3 is 5.11 Å². The predicted molar refractivity (Wildman–Crippen MR) is 111 cm³/mol. The maximum absolute atomic E-state index is 12.7. The molecular formula is C18H23N4NaO4S. The van der Waals surface area contributed by atoms with Crippen molar-refractivity contribution in [1.82, 2.24) is 19.3 Å². The Morgan fingerprint density at radius 3 is 2.43 bits per heavy atom. The fourth-order valence-electron chi connectivity index (χ4n) is 3.25. The van der Waals surface area contributed by atoms with Gasteiger partial charge in [0.2, 0.25) is 0 Å². The van der Waals surface area contributed by atoms with Crippen molar-refractivity contribution in [3.05, 3.63) is 48.2 Å². The van der Waals surface area contributed by atoms with E-state index in [-0.39, 0.29) is 46.4 Å². The van der Waals surface area contributed by atoms with Gasteiger partial charge in [-0.1, -0.05) is 13.8 Å². The van der Waals surface area contributed by atoms with Crippen molar-refractivity contribution in [2.24, 2.45) is 13.0 Å². The number of hydrogen-bond acceptors (Lipinski definition) is 5. The molecule has 0 radical (unpaired) electrons. The number of carboxylic acid groups (broad SMARTS) is 1. The molecule has 28 heavy (non-hydrogen) atoms. The van der Waals surface area contributed by atoms with Crippen molar-refractivity contribution >= 4 is 57.1 Å². The molecule has 0 spiro atoms. The Hall–Kier alpha value is -1.68. The number of hydrogen-bond donors (Lipinski definition) is 2. The van der Waals surface area contributed by atoms with E-state index in [1.54, 1.807) is 0 Å². The minimum absolute atomic E-state index is 0. The average Bonchev–Trinajstić information content (AvgIpc) is 3.12. The second-order valence-electron chi connectivity index (χ2n) is 7.13. The van der Waals surface area contributed by atoms with Crippen LogP contribution < -0.4 is 11.2 Å². The molecule has 2 N–H and O–H groups in total. The monoisotopic (exact) mass is 414 g/mol. The van der Waals surface area contributed by atoms with Crippen molar-refractivity contribution in [1.29, 1.82) is 0 Å². The number of aromatic amines is 1. The van der Waals surface area contributed by atoms with Crippen molar-refractivity contribution in [2.75, 3.05) is 0 Å². The van der Waals surface area contributed by atoms with Crippen LogP contribution in [0, 0.1) is 19.8 Å². The molecule has 0 aromatic carbocycles. The number of nitrogens with zero attached hydrogens (tertiary/aromatic N) is 3. The first kappa shape index (κ1) is 22.6. The second kappa shape index (κ2) is 8.36. The predicted octanol–water partition coefficient (Wildman–Crippen LogP) is 1.40. The standard InChI is InChI=1S/C18H22N4O4S.Na.H/c1-8(2)7-22-16-14(15(23)21(5)18(22)26)13(17(24)25)12(27-16)6-11-9(3)19-20-10(11)4;;/h8H,6-7H2,1-5H3,(H,19,20)(H,24,25);;. The molecular weight excluding hydrogens is 391 g/mol. The first-order valence-electron chi connectivity index (χ1n) is 8.62. The minimum atomic E-state index is -1.16. The molecule has 3 heterocycles. The van der Waals surface area contributed by atoms with E-state index in [1.165, 1.54) is 23.0 Å². The molecule has 3 rings (SSSR count). The number of aromatic carboxylic acids is 1. The number of thiophene rings is 1. The second-order valence-corrected chi connectivity index (χ2v) is 8.21. The summed E-state index contributed by atoms with van der Waals surface area (Å²) >= 11 is 1.20. The van der Waals surface area contributed by atoms with Crippen molar-refractivity contribution in [3.63, 3.8) is 0 Å². The van der Waals surface area contributed by atoms with Gasteiger partial charge in [0.15, 0.2) is 0 Å². The maximum atomic E-state index is 12.7. The van der Waals surface area contributed by atoms with E-state index in [4.69, 9.17) is 0 Å². The summed E-state index contributed by atoms with van der Waals surface area (Å²) in [5, 5.41) is 17.0. The van der Waals surface area contributed by atoms with Crippen molar-refractivity contribution < 1.29 is 9.90 Å². The van der Waals surface area contributed by atoms with Crippen LogP contribution in [0.4, 0.5) is 0 Å². The number of fused-ring (bicyclic) bond motifs is 1. The van der Waals surface area contributed by atoms with E-state index in [2.05, 4.69) is 10.2 Å². The molecule has 3 aromatic heterocycles. The zero-order valence-electron chi connectivity index (χ0n) is 15.9. The molecule has 0 atom stereocenters. The summed E-state index contributed by atoms with van der Waals surface area (Å²) in [6.45, 7) is 8.06. The topological polar surface area (TPSA) is 110 Å². The van der Waals surface area contributed by atoms with Gasteiger partial charge in [0.25, 0.3) is 5.56 Å². The van der Waals surface area contributed by atoms with E-state index < -0.39 is 17.2 Å². The summed E-state index contributed by atoms with van der Waals surface area (Å²) in [6.07, 6.45) is 0.341. The van der Waals surface area contributed by atoms with E-state index in [1.807, 2.05) is 27.7 Å². The molecule has 0 amide bonds. The number of carbonyl (C=O) groups is 1. The summed E-state index contributed by atoms with van der Waals surface area (Å²) in [4.78, 5) is 38.4. The molecule has 0 saturated carbocycles. The van der Waals surface area contributed by atoms with Crippen LogP contribution in [0.3, 0.4) is 0 Å². The van der Waals surface area contributed by atoms with Gasteiger partial charge in [-0.05, 0) is 19.8 Å². The summed E-state index contributed by atoms with van der Waals surface area (Å²) in [5.41, 5.74) is 1.52. The molecule has 146 valence electrons. The molecule has 0 aliphatic carbocycles. The Labute approximate surface area is 187 Å². The number of H-pyrrole nitrogens is 1. The third kappa shape index (κ3) is 3.76. The number of aromatic nitrogens is 4. The first-order valence-corrected chi connectivity index (χ1v) is 9.44. The summed E-state index contributed by atoms with van der Waals surface area (Å²) < 4.78 is 2.50. The van der Waals surface area contributed by atoms with E-state index >= 15 is 0 Å². The Balaban J connectivity index is 0.00000280. The zero-order valence-corrected chi connectivity index (χ0v) is 16.7. The normalized spacial score (nSPS) is 11.2. The molecule has 0 bridgehead atoms. The van der Waals surface area contributed by atoms with Crippen LogP contribution in [0.2, 0.25) is 0 Å². The quantitative estimate of drug-likeness (QED) is 0.613. The van der Waals surface area contributed by atoms with Gasteiger partial charge in [0.1, 0.15) is 4.83 Å². The Bertz CT molecular complexity index is 1150. The van der Waals surface area contributed by atoms with Gasteiger partial charge in [0.05, 0.1) is 16.6 Å². The number of nitrogens with one attached hydrogen (secondary N) is 1. The molecule has 0 saturated heterocycles. The van der Waals surface area contributed by atoms with Crippen LogP contribution in [0.15, 0.2) is 9.59 Å². The SMILES string of the molecule is Cc1n[nH]c(C)c1Cc1sc2c(c1C(=O)O)c(=O)n(C)c(=O)n2CC(C)C.[NaH]. The molecule has 10 heteroatoms.